The zero-order valence-electron chi connectivity index (χ0n) is 15.2. The first-order valence-electron chi connectivity index (χ1n) is 9.11. The van der Waals surface area contributed by atoms with Gasteiger partial charge in [-0.1, -0.05) is 36.4 Å². The molecule has 3 aromatic carbocycles. The van der Waals surface area contributed by atoms with Gasteiger partial charge in [0.1, 0.15) is 12.6 Å². The van der Waals surface area contributed by atoms with Crippen LogP contribution in [0.15, 0.2) is 60.8 Å². The monoisotopic (exact) mass is 335 g/mol. The Balaban J connectivity index is 2.15. The van der Waals surface area contributed by atoms with Gasteiger partial charge in [-0.3, -0.25) is 0 Å². The van der Waals surface area contributed by atoms with Crippen molar-refractivity contribution >= 4 is 49.0 Å². The van der Waals surface area contributed by atoms with E-state index in [4.69, 9.17) is 0 Å². The van der Waals surface area contributed by atoms with Gasteiger partial charge in [0.25, 0.3) is 0 Å². The highest BCUT2D eigenvalue weighted by atomic mass is 15.0. The molecule has 0 aliphatic heterocycles. The Bertz CT molecular complexity index is 1500. The van der Waals surface area contributed by atoms with Gasteiger partial charge in [0.2, 0.25) is 5.52 Å². The molecule has 0 aliphatic carbocycles. The van der Waals surface area contributed by atoms with Gasteiger partial charge in [-0.25, -0.2) is 0 Å². The SMILES string of the molecule is Cc1ccc2c3cc[n+](C)c4c5c(C)ccc6cccc(c65)n(c2c1)c34. The summed E-state index contributed by atoms with van der Waals surface area (Å²) < 4.78 is 4.75. The largest absolute Gasteiger partial charge is 0.303 e. The second-order valence-electron chi connectivity index (χ2n) is 7.53. The standard InChI is InChI=1S/C24H19N2/c1-14-7-10-17-18-11-12-25(3)24-21-15(2)8-9-16-5-4-6-19(22(16)21)26(23(18)24)20(17)13-14/h4-13H,1-3H3/q+1. The molecule has 0 aliphatic rings. The van der Waals surface area contributed by atoms with Crippen molar-refractivity contribution in [2.75, 3.05) is 0 Å². The Morgan fingerprint density at radius 3 is 2.58 bits per heavy atom. The highest BCUT2D eigenvalue weighted by molar-refractivity contribution is 6.25. The number of hydrogen-bond donors (Lipinski definition) is 0. The normalized spacial score (nSPS) is 12.4. The van der Waals surface area contributed by atoms with Gasteiger partial charge in [-0.2, -0.15) is 4.57 Å². The summed E-state index contributed by atoms with van der Waals surface area (Å²) in [6.07, 6.45) is 2.20. The second kappa shape index (κ2) is 4.53. The molecule has 0 spiro atoms. The topological polar surface area (TPSA) is 8.29 Å². The summed E-state index contributed by atoms with van der Waals surface area (Å²) in [5.74, 6) is 0. The van der Waals surface area contributed by atoms with Crippen LogP contribution in [-0.4, -0.2) is 4.40 Å². The van der Waals surface area contributed by atoms with E-state index in [1.807, 2.05) is 0 Å². The van der Waals surface area contributed by atoms with Crippen molar-refractivity contribution in [2.45, 2.75) is 13.8 Å². The number of hydrogen-bond acceptors (Lipinski definition) is 0. The lowest BCUT2D eigenvalue weighted by Gasteiger charge is -2.13. The summed E-state index contributed by atoms with van der Waals surface area (Å²) in [6, 6.07) is 20.2. The first-order valence-corrected chi connectivity index (χ1v) is 9.11. The van der Waals surface area contributed by atoms with Crippen molar-refractivity contribution in [1.29, 1.82) is 0 Å². The highest BCUT2D eigenvalue weighted by Crippen LogP contribution is 2.40. The third-order valence-electron chi connectivity index (χ3n) is 5.91. The fourth-order valence-corrected chi connectivity index (χ4v) is 4.75. The van der Waals surface area contributed by atoms with E-state index in [-0.39, 0.29) is 0 Å². The Morgan fingerprint density at radius 2 is 1.69 bits per heavy atom. The molecular weight excluding hydrogens is 316 g/mol. The highest BCUT2D eigenvalue weighted by Gasteiger charge is 2.23. The van der Waals surface area contributed by atoms with Crippen LogP contribution >= 0.6 is 0 Å². The second-order valence-corrected chi connectivity index (χ2v) is 7.53. The van der Waals surface area contributed by atoms with Gasteiger partial charge in [-0.15, -0.1) is 0 Å². The molecule has 124 valence electrons. The molecule has 0 fully saturated rings. The summed E-state index contributed by atoms with van der Waals surface area (Å²) in [4.78, 5) is 0. The summed E-state index contributed by atoms with van der Waals surface area (Å²) in [5.41, 5.74) is 7.87. The van der Waals surface area contributed by atoms with Crippen molar-refractivity contribution in [3.8, 4) is 0 Å². The molecular formula is C24H19N2+. The summed E-state index contributed by atoms with van der Waals surface area (Å²) >= 11 is 0. The molecule has 26 heavy (non-hydrogen) atoms. The number of benzene rings is 3. The van der Waals surface area contributed by atoms with Gasteiger partial charge < -0.3 is 4.40 Å². The van der Waals surface area contributed by atoms with E-state index in [0.29, 0.717) is 0 Å². The molecule has 0 bridgehead atoms. The van der Waals surface area contributed by atoms with Crippen LogP contribution in [-0.2, 0) is 7.05 Å². The van der Waals surface area contributed by atoms with Crippen LogP contribution in [0.4, 0.5) is 0 Å². The predicted molar refractivity (Wildman–Crippen MR) is 109 cm³/mol. The van der Waals surface area contributed by atoms with Crippen LogP contribution in [0, 0.1) is 13.8 Å². The number of fused-ring (bicyclic) bond motifs is 5. The average molecular weight is 335 g/mol. The van der Waals surface area contributed by atoms with Crippen LogP contribution in [0.5, 0.6) is 0 Å². The van der Waals surface area contributed by atoms with Crippen molar-refractivity contribution in [3.05, 3.63) is 71.9 Å². The van der Waals surface area contributed by atoms with Crippen LogP contribution in [0.25, 0.3) is 49.0 Å². The van der Waals surface area contributed by atoms with E-state index < -0.39 is 0 Å². The molecule has 0 saturated carbocycles. The number of nitrogens with zero attached hydrogens (tertiary/aromatic N) is 2. The van der Waals surface area contributed by atoms with E-state index in [0.717, 1.165) is 0 Å². The summed E-state index contributed by atoms with van der Waals surface area (Å²) in [6.45, 7) is 4.40. The Hall–Kier alpha value is -3.13. The lowest BCUT2D eigenvalue weighted by molar-refractivity contribution is -0.644. The van der Waals surface area contributed by atoms with Crippen LogP contribution in [0.3, 0.4) is 0 Å². The Morgan fingerprint density at radius 1 is 0.808 bits per heavy atom. The van der Waals surface area contributed by atoms with Crippen molar-refractivity contribution in [3.63, 3.8) is 0 Å². The molecule has 0 N–H and O–H groups in total. The molecule has 0 radical (unpaired) electrons. The van der Waals surface area contributed by atoms with E-state index in [2.05, 4.69) is 90.7 Å². The smallest absolute Gasteiger partial charge is 0.238 e. The zero-order chi connectivity index (χ0) is 17.6. The Kier molecular flexibility index (Phi) is 2.45. The molecule has 3 heterocycles. The summed E-state index contributed by atoms with van der Waals surface area (Å²) in [5, 5.41) is 6.70. The maximum absolute atomic E-state index is 2.47. The van der Waals surface area contributed by atoms with Crippen molar-refractivity contribution in [1.82, 2.24) is 4.40 Å². The zero-order valence-corrected chi connectivity index (χ0v) is 15.2. The van der Waals surface area contributed by atoms with Gasteiger partial charge in [-0.05, 0) is 42.5 Å². The average Bonchev–Trinajstić information content (AvgIpc) is 2.96. The molecule has 0 amide bonds. The van der Waals surface area contributed by atoms with Crippen LogP contribution < -0.4 is 4.57 Å². The first-order chi connectivity index (χ1) is 12.6. The first kappa shape index (κ1) is 14.1. The van der Waals surface area contributed by atoms with E-state index in [9.17, 15) is 0 Å². The van der Waals surface area contributed by atoms with Crippen molar-refractivity contribution < 1.29 is 4.57 Å². The minimum atomic E-state index is 1.30. The maximum atomic E-state index is 2.47. The van der Waals surface area contributed by atoms with Crippen molar-refractivity contribution in [2.24, 2.45) is 7.05 Å². The third-order valence-corrected chi connectivity index (χ3v) is 5.91. The maximum Gasteiger partial charge on any atom is 0.238 e. The van der Waals surface area contributed by atoms with E-state index in [1.54, 1.807) is 0 Å². The molecule has 6 aromatic rings. The predicted octanol–water partition coefficient (Wildman–Crippen LogP) is 5.43. The lowest BCUT2D eigenvalue weighted by atomic mass is 9.98. The molecule has 3 aromatic heterocycles. The number of pyridine rings is 2. The number of aryl methyl sites for hydroxylation is 3. The van der Waals surface area contributed by atoms with Gasteiger partial charge in [0, 0.05) is 22.2 Å². The molecule has 0 saturated heterocycles. The number of rotatable bonds is 0. The van der Waals surface area contributed by atoms with E-state index >= 15 is 0 Å². The van der Waals surface area contributed by atoms with E-state index in [1.165, 1.54) is 60.1 Å². The lowest BCUT2D eigenvalue weighted by Crippen LogP contribution is -2.28. The number of aromatic nitrogens is 2. The molecule has 2 heteroatoms. The molecule has 0 unspecified atom stereocenters. The Labute approximate surface area is 151 Å². The minimum Gasteiger partial charge on any atom is -0.303 e. The molecule has 6 rings (SSSR count). The molecule has 2 nitrogen and oxygen atoms in total. The minimum absolute atomic E-state index is 1.30. The van der Waals surface area contributed by atoms with Crippen LogP contribution in [0.1, 0.15) is 11.1 Å². The quantitative estimate of drug-likeness (QED) is 0.199. The molecule has 0 atom stereocenters. The van der Waals surface area contributed by atoms with Gasteiger partial charge in [0.05, 0.1) is 16.4 Å². The van der Waals surface area contributed by atoms with Gasteiger partial charge in [0.15, 0.2) is 6.20 Å². The fraction of sp³-hybridized carbons (Fsp3) is 0.125. The van der Waals surface area contributed by atoms with Crippen LogP contribution in [0.2, 0.25) is 0 Å². The summed E-state index contributed by atoms with van der Waals surface area (Å²) in [7, 11) is 2.16. The fourth-order valence-electron chi connectivity index (χ4n) is 4.75. The van der Waals surface area contributed by atoms with Gasteiger partial charge >= 0.3 is 0 Å². The third kappa shape index (κ3) is 1.51.